The van der Waals surface area contributed by atoms with Crippen LogP contribution in [-0.2, 0) is 31.1 Å². The fraction of sp³-hybridized carbons (Fsp3) is 0.267. The summed E-state index contributed by atoms with van der Waals surface area (Å²) in [5, 5.41) is 8.62. The van der Waals surface area contributed by atoms with Crippen molar-refractivity contribution in [1.29, 1.82) is 0 Å². The van der Waals surface area contributed by atoms with Gasteiger partial charge in [-0.3, -0.25) is 0 Å². The molecule has 0 aliphatic heterocycles. The van der Waals surface area contributed by atoms with Gasteiger partial charge >= 0.3 is 0 Å². The van der Waals surface area contributed by atoms with Crippen LogP contribution in [0, 0.1) is 0 Å². The van der Waals surface area contributed by atoms with Crippen LogP contribution >= 0.6 is 0 Å². The topological polar surface area (TPSA) is 0 Å². The Balaban J connectivity index is 1.66. The Hall–Kier alpha value is -2.86. The van der Waals surface area contributed by atoms with Gasteiger partial charge in [0, 0.05) is 0 Å². The summed E-state index contributed by atoms with van der Waals surface area (Å²) in [6.45, 7) is 6.93. The summed E-state index contributed by atoms with van der Waals surface area (Å²) in [7, 11) is 0. The summed E-state index contributed by atoms with van der Waals surface area (Å²) >= 11 is 0. The molecule has 0 saturated heterocycles. The summed E-state index contributed by atoms with van der Waals surface area (Å²) in [5.41, 5.74) is 7.54. The first-order valence-corrected chi connectivity index (χ1v) is 11.3. The molecule has 0 heteroatoms. The lowest BCUT2D eigenvalue weighted by molar-refractivity contribution is 0.591. The third-order valence-corrected chi connectivity index (χ3v) is 7.11. The van der Waals surface area contributed by atoms with Gasteiger partial charge in [0.2, 0.25) is 0 Å². The Morgan fingerprint density at radius 1 is 0.567 bits per heavy atom. The van der Waals surface area contributed by atoms with Crippen LogP contribution in [0.25, 0.3) is 32.3 Å². The van der Waals surface area contributed by atoms with E-state index in [1.807, 2.05) is 0 Å². The number of rotatable bonds is 0. The molecule has 0 atom stereocenters. The molecule has 0 fully saturated rings. The van der Waals surface area contributed by atoms with E-state index >= 15 is 0 Å². The molecule has 0 radical (unpaired) electrons. The first-order chi connectivity index (χ1) is 14.5. The quantitative estimate of drug-likeness (QED) is 0.238. The van der Waals surface area contributed by atoms with Crippen molar-refractivity contribution in [2.45, 2.75) is 51.9 Å². The number of hydrogen-bond acceptors (Lipinski definition) is 0. The Morgan fingerprint density at radius 2 is 1.13 bits per heavy atom. The average molecular weight is 389 g/mol. The molecule has 6 rings (SSSR count). The summed E-state index contributed by atoms with van der Waals surface area (Å²) in [6.07, 6.45) is 4.45. The molecule has 30 heavy (non-hydrogen) atoms. The Kier molecular flexibility index (Phi) is 3.78. The van der Waals surface area contributed by atoms with Gasteiger partial charge in [-0.1, -0.05) is 87.5 Å². The van der Waals surface area contributed by atoms with Gasteiger partial charge in [0.15, 0.2) is 0 Å². The third kappa shape index (κ3) is 2.74. The van der Waals surface area contributed by atoms with Crippen LogP contribution in [0.2, 0.25) is 0 Å². The van der Waals surface area contributed by atoms with Crippen molar-refractivity contribution in [2.24, 2.45) is 0 Å². The molecule has 0 spiro atoms. The monoisotopic (exact) mass is 388 g/mol. The smallest absolute Gasteiger partial charge is 0.00213 e. The third-order valence-electron chi connectivity index (χ3n) is 7.11. The highest BCUT2D eigenvalue weighted by molar-refractivity contribution is 6.24. The Bertz CT molecular complexity index is 1320. The molecule has 0 N–H and O–H groups in total. The maximum absolute atomic E-state index is 2.51. The first kappa shape index (κ1) is 18.0. The van der Waals surface area contributed by atoms with Crippen molar-refractivity contribution in [3.8, 4) is 0 Å². The van der Waals surface area contributed by atoms with E-state index in [0.29, 0.717) is 0 Å². The van der Waals surface area contributed by atoms with Crippen molar-refractivity contribution in [2.75, 3.05) is 0 Å². The summed E-state index contributed by atoms with van der Waals surface area (Å²) in [4.78, 5) is 0. The van der Waals surface area contributed by atoms with E-state index in [4.69, 9.17) is 0 Å². The second kappa shape index (κ2) is 6.32. The predicted molar refractivity (Wildman–Crippen MR) is 130 cm³/mol. The van der Waals surface area contributed by atoms with Crippen LogP contribution in [0.15, 0.2) is 66.7 Å². The molecule has 0 nitrogen and oxygen atoms in total. The molecule has 0 heterocycles. The molecular formula is C30H28. The molecule has 4 bridgehead atoms. The Morgan fingerprint density at radius 3 is 1.67 bits per heavy atom. The van der Waals surface area contributed by atoms with Crippen molar-refractivity contribution in [1.82, 2.24) is 0 Å². The predicted octanol–water partition coefficient (Wildman–Crippen LogP) is 7.77. The molecular weight excluding hydrogens is 360 g/mol. The average Bonchev–Trinajstić information content (AvgIpc) is 2.74. The summed E-state index contributed by atoms with van der Waals surface area (Å²) in [6, 6.07) is 26.1. The number of fused-ring (bicyclic) bond motifs is 6. The highest BCUT2D eigenvalue weighted by atomic mass is 14.2. The van der Waals surface area contributed by atoms with Gasteiger partial charge < -0.3 is 0 Å². The zero-order chi connectivity index (χ0) is 20.5. The van der Waals surface area contributed by atoms with Gasteiger partial charge in [-0.25, -0.2) is 0 Å². The van der Waals surface area contributed by atoms with E-state index in [2.05, 4.69) is 87.5 Å². The summed E-state index contributed by atoms with van der Waals surface area (Å²) < 4.78 is 0. The first-order valence-electron chi connectivity index (χ1n) is 11.3. The minimum Gasteiger partial charge on any atom is -0.0617 e. The van der Waals surface area contributed by atoms with Crippen LogP contribution in [0.1, 0.15) is 48.6 Å². The van der Waals surface area contributed by atoms with Gasteiger partial charge in [0.1, 0.15) is 0 Å². The molecule has 5 aromatic rings. The highest BCUT2D eigenvalue weighted by Crippen LogP contribution is 2.40. The highest BCUT2D eigenvalue weighted by Gasteiger charge is 2.19. The molecule has 0 aromatic heterocycles. The lowest BCUT2D eigenvalue weighted by atomic mass is 9.81. The van der Waals surface area contributed by atoms with Crippen LogP contribution < -0.4 is 0 Å². The lowest BCUT2D eigenvalue weighted by Gasteiger charge is -2.23. The van der Waals surface area contributed by atoms with Gasteiger partial charge in [-0.05, 0) is 91.2 Å². The maximum Gasteiger partial charge on any atom is -0.00213 e. The van der Waals surface area contributed by atoms with Gasteiger partial charge in [0.05, 0.1) is 0 Å². The standard InChI is InChI=1S/C30H28/c1-30(2,3)25-17-23-11-13-26-21-9-7-19-5-4-6-20(15-19)8-10-22(16-21)27-14-12-24(18-25)28(23)29(26)27/h4-6,11-18H,7-10H2,1-3H3. The van der Waals surface area contributed by atoms with E-state index in [0.717, 1.165) is 25.7 Å². The summed E-state index contributed by atoms with van der Waals surface area (Å²) in [5.74, 6) is 0. The van der Waals surface area contributed by atoms with Crippen molar-refractivity contribution in [3.05, 3.63) is 94.5 Å². The van der Waals surface area contributed by atoms with Gasteiger partial charge in [-0.2, -0.15) is 0 Å². The normalized spacial score (nSPS) is 14.6. The molecule has 1 aliphatic rings. The van der Waals surface area contributed by atoms with E-state index in [9.17, 15) is 0 Å². The Labute approximate surface area is 178 Å². The zero-order valence-corrected chi connectivity index (χ0v) is 18.2. The van der Waals surface area contributed by atoms with Crippen molar-refractivity contribution >= 4 is 32.3 Å². The van der Waals surface area contributed by atoms with E-state index < -0.39 is 0 Å². The van der Waals surface area contributed by atoms with Crippen LogP contribution in [0.4, 0.5) is 0 Å². The lowest BCUT2D eigenvalue weighted by Crippen LogP contribution is -2.11. The van der Waals surface area contributed by atoms with Gasteiger partial charge in [0.25, 0.3) is 0 Å². The maximum atomic E-state index is 2.51. The zero-order valence-electron chi connectivity index (χ0n) is 18.2. The number of benzene rings is 5. The second-order valence-corrected chi connectivity index (χ2v) is 10.2. The van der Waals surface area contributed by atoms with Crippen LogP contribution in [0.5, 0.6) is 0 Å². The molecule has 0 saturated carbocycles. The molecule has 1 aliphatic carbocycles. The molecule has 5 aromatic carbocycles. The van der Waals surface area contributed by atoms with Gasteiger partial charge in [-0.15, -0.1) is 0 Å². The van der Waals surface area contributed by atoms with E-state index in [-0.39, 0.29) is 5.41 Å². The van der Waals surface area contributed by atoms with Crippen molar-refractivity contribution < 1.29 is 0 Å². The number of hydrogen-bond donors (Lipinski definition) is 0. The van der Waals surface area contributed by atoms with Crippen molar-refractivity contribution in [3.63, 3.8) is 0 Å². The van der Waals surface area contributed by atoms with Crippen LogP contribution in [0.3, 0.4) is 0 Å². The van der Waals surface area contributed by atoms with Crippen LogP contribution in [-0.4, -0.2) is 0 Å². The van der Waals surface area contributed by atoms with E-state index in [1.54, 1.807) is 0 Å². The van der Waals surface area contributed by atoms with E-state index in [1.165, 1.54) is 60.1 Å². The fourth-order valence-electron chi connectivity index (χ4n) is 5.41. The molecule has 148 valence electrons. The molecule has 0 unspecified atom stereocenters. The number of aryl methyl sites for hydroxylation is 4. The fourth-order valence-corrected chi connectivity index (χ4v) is 5.41. The minimum atomic E-state index is 0.157. The largest absolute Gasteiger partial charge is 0.0617 e. The second-order valence-electron chi connectivity index (χ2n) is 10.2. The molecule has 0 amide bonds. The SMILES string of the molecule is CC(C)(C)c1cc2ccc3c4cc(c5ccc(c1)c2c35)CCc1cccc(c1)CC4. The minimum absolute atomic E-state index is 0.157.